The minimum atomic E-state index is -0.963. The van der Waals surface area contributed by atoms with E-state index >= 15 is 0 Å². The summed E-state index contributed by atoms with van der Waals surface area (Å²) in [6.45, 7) is 0.740. The summed E-state index contributed by atoms with van der Waals surface area (Å²) in [7, 11) is 1.91. The van der Waals surface area contributed by atoms with Gasteiger partial charge in [-0.25, -0.2) is 0 Å². The predicted molar refractivity (Wildman–Crippen MR) is 150 cm³/mol. The molecule has 1 aromatic carbocycles. The van der Waals surface area contributed by atoms with Crippen LogP contribution >= 0.6 is 0 Å². The first-order valence-electron chi connectivity index (χ1n) is 14.2. The Kier molecular flexibility index (Phi) is 6.09. The van der Waals surface area contributed by atoms with E-state index in [4.69, 9.17) is 5.10 Å². The summed E-state index contributed by atoms with van der Waals surface area (Å²) in [5, 5.41) is 13.8. The van der Waals surface area contributed by atoms with Crippen LogP contribution in [0.5, 0.6) is 0 Å². The summed E-state index contributed by atoms with van der Waals surface area (Å²) in [4.78, 5) is 55.4. The molecule has 11 nitrogen and oxygen atoms in total. The van der Waals surface area contributed by atoms with Gasteiger partial charge in [-0.3, -0.25) is 39.1 Å². The molecule has 0 bridgehead atoms. The lowest BCUT2D eigenvalue weighted by atomic mass is 9.80. The van der Waals surface area contributed by atoms with Crippen LogP contribution in [0.3, 0.4) is 0 Å². The lowest BCUT2D eigenvalue weighted by Crippen LogP contribution is -2.54. The number of hydrogen-bond acceptors (Lipinski definition) is 8. The molecule has 0 spiro atoms. The minimum absolute atomic E-state index is 0.0984. The molecule has 2 saturated carbocycles. The first-order valence-corrected chi connectivity index (χ1v) is 14.2. The van der Waals surface area contributed by atoms with E-state index in [9.17, 15) is 19.2 Å². The quantitative estimate of drug-likeness (QED) is 0.361. The standard InChI is InChI=1S/C30H31N7O4/c1-31-18-8-9-32-24(13-18)23-15-36(35-27(23)17-2-3-17)20-10-16(11-20)14-33-19-4-5-21-22(12-19)30(41)37(29(21)40)25-6-7-26(38)34-28(25)39/h4-5,8-9,12-13,15-17,20,25,33H,2-3,6-7,10-11,14H2,1H3,(H,31,32)(H,34,38,39)/t16-,20-,25?. The maximum atomic E-state index is 13.1. The van der Waals surface area contributed by atoms with Crippen LogP contribution in [0.25, 0.3) is 11.3 Å². The smallest absolute Gasteiger partial charge is 0.262 e. The molecule has 11 heteroatoms. The number of nitrogens with zero attached hydrogens (tertiary/aromatic N) is 4. The summed E-state index contributed by atoms with van der Waals surface area (Å²) in [6.07, 6.45) is 8.56. The Balaban J connectivity index is 0.989. The van der Waals surface area contributed by atoms with Gasteiger partial charge >= 0.3 is 0 Å². The van der Waals surface area contributed by atoms with Crippen molar-refractivity contribution >= 4 is 35.0 Å². The zero-order valence-electron chi connectivity index (χ0n) is 22.7. The van der Waals surface area contributed by atoms with Crippen molar-refractivity contribution in [3.05, 3.63) is 59.5 Å². The Morgan fingerprint density at radius 3 is 2.51 bits per heavy atom. The van der Waals surface area contributed by atoms with Gasteiger partial charge in [0.1, 0.15) is 6.04 Å². The third kappa shape index (κ3) is 4.55. The van der Waals surface area contributed by atoms with Gasteiger partial charge in [0.05, 0.1) is 28.6 Å². The number of aromatic nitrogens is 3. The molecular formula is C30H31N7O4. The number of fused-ring (bicyclic) bond motifs is 1. The van der Waals surface area contributed by atoms with Crippen molar-refractivity contribution in [2.75, 3.05) is 24.2 Å². The van der Waals surface area contributed by atoms with Gasteiger partial charge in [0.15, 0.2) is 0 Å². The van der Waals surface area contributed by atoms with Gasteiger partial charge in [-0.05, 0) is 68.4 Å². The number of benzene rings is 1. The number of imide groups is 2. The lowest BCUT2D eigenvalue weighted by Gasteiger charge is -2.35. The number of pyridine rings is 1. The molecule has 3 fully saturated rings. The highest BCUT2D eigenvalue weighted by Gasteiger charge is 2.44. The van der Waals surface area contributed by atoms with Crippen LogP contribution in [-0.4, -0.2) is 62.9 Å². The highest BCUT2D eigenvalue weighted by Crippen LogP contribution is 2.45. The van der Waals surface area contributed by atoms with Crippen molar-refractivity contribution in [3.8, 4) is 11.3 Å². The summed E-state index contributed by atoms with van der Waals surface area (Å²) < 4.78 is 2.12. The van der Waals surface area contributed by atoms with Gasteiger partial charge in [0.2, 0.25) is 11.8 Å². The Morgan fingerprint density at radius 2 is 1.76 bits per heavy atom. The number of carbonyl (C=O) groups excluding carboxylic acids is 4. The third-order valence-electron chi connectivity index (χ3n) is 8.67. The molecule has 4 amide bonds. The Hall–Kier alpha value is -4.54. The maximum Gasteiger partial charge on any atom is 0.262 e. The molecule has 2 aliphatic carbocycles. The van der Waals surface area contributed by atoms with E-state index in [1.807, 2.05) is 19.3 Å². The number of nitrogens with one attached hydrogen (secondary N) is 3. The van der Waals surface area contributed by atoms with Crippen molar-refractivity contribution in [2.45, 2.75) is 56.5 Å². The van der Waals surface area contributed by atoms with Gasteiger partial charge < -0.3 is 10.6 Å². The molecule has 7 rings (SSSR count). The molecule has 4 aliphatic rings. The summed E-state index contributed by atoms with van der Waals surface area (Å²) >= 11 is 0. The fraction of sp³-hybridized carbons (Fsp3) is 0.400. The molecule has 210 valence electrons. The first-order chi connectivity index (χ1) is 19.9. The molecule has 0 radical (unpaired) electrons. The highest BCUT2D eigenvalue weighted by molar-refractivity contribution is 6.23. The highest BCUT2D eigenvalue weighted by atomic mass is 16.2. The van der Waals surface area contributed by atoms with E-state index in [2.05, 4.69) is 37.9 Å². The molecule has 1 unspecified atom stereocenters. The molecule has 3 N–H and O–H groups in total. The largest absolute Gasteiger partial charge is 0.388 e. The van der Waals surface area contributed by atoms with Crippen molar-refractivity contribution < 1.29 is 19.2 Å². The number of carbonyl (C=O) groups is 4. The normalized spacial score (nSPS) is 23.7. The summed E-state index contributed by atoms with van der Waals surface area (Å²) in [5.74, 6) is -1.02. The molecule has 3 aromatic rings. The Labute approximate surface area is 236 Å². The van der Waals surface area contributed by atoms with Crippen molar-refractivity contribution in [3.63, 3.8) is 0 Å². The van der Waals surface area contributed by atoms with E-state index in [0.717, 1.165) is 52.6 Å². The number of piperidine rings is 1. The van der Waals surface area contributed by atoms with E-state index in [1.165, 1.54) is 12.8 Å². The third-order valence-corrected chi connectivity index (χ3v) is 8.67. The van der Waals surface area contributed by atoms with Gasteiger partial charge in [0, 0.05) is 55.3 Å². The second-order valence-electron chi connectivity index (χ2n) is 11.4. The second kappa shape index (κ2) is 9.83. The second-order valence-corrected chi connectivity index (χ2v) is 11.4. The van der Waals surface area contributed by atoms with Crippen LogP contribution in [0, 0.1) is 5.92 Å². The van der Waals surface area contributed by atoms with E-state index < -0.39 is 23.8 Å². The topological polar surface area (TPSA) is 138 Å². The zero-order chi connectivity index (χ0) is 28.2. The van der Waals surface area contributed by atoms with E-state index in [0.29, 0.717) is 17.9 Å². The van der Waals surface area contributed by atoms with E-state index in [1.54, 1.807) is 18.2 Å². The number of amides is 4. The minimum Gasteiger partial charge on any atom is -0.388 e. The van der Waals surface area contributed by atoms with Crippen LogP contribution in [0.2, 0.25) is 0 Å². The molecule has 41 heavy (non-hydrogen) atoms. The fourth-order valence-electron chi connectivity index (χ4n) is 6.11. The fourth-order valence-corrected chi connectivity index (χ4v) is 6.11. The zero-order valence-corrected chi connectivity index (χ0v) is 22.7. The van der Waals surface area contributed by atoms with Gasteiger partial charge in [-0.15, -0.1) is 0 Å². The SMILES string of the molecule is CNc1ccnc(-c2cn([C@H]3C[C@H](CNc4ccc5c(c4)C(=O)N(C4CCC(=O)NC4=O)C5=O)C3)nc2C2CC2)c1. The molecule has 1 atom stereocenters. The average Bonchev–Trinajstić information content (AvgIpc) is 3.66. The lowest BCUT2D eigenvalue weighted by molar-refractivity contribution is -0.136. The molecule has 4 heterocycles. The first kappa shape index (κ1) is 25.4. The van der Waals surface area contributed by atoms with Crippen LogP contribution in [-0.2, 0) is 9.59 Å². The van der Waals surface area contributed by atoms with Crippen molar-refractivity contribution in [2.24, 2.45) is 5.92 Å². The molecule has 2 aliphatic heterocycles. The predicted octanol–water partition coefficient (Wildman–Crippen LogP) is 3.33. The monoisotopic (exact) mass is 553 g/mol. The van der Waals surface area contributed by atoms with E-state index in [-0.39, 0.29) is 29.9 Å². The average molecular weight is 554 g/mol. The summed E-state index contributed by atoms with van der Waals surface area (Å²) in [5.41, 5.74) is 5.56. The number of anilines is 2. The Morgan fingerprint density at radius 1 is 0.951 bits per heavy atom. The van der Waals surface area contributed by atoms with Gasteiger partial charge in [-0.1, -0.05) is 0 Å². The number of rotatable bonds is 8. The van der Waals surface area contributed by atoms with Crippen LogP contribution in [0.15, 0.2) is 42.7 Å². The molecule has 2 aromatic heterocycles. The van der Waals surface area contributed by atoms with Crippen molar-refractivity contribution in [1.82, 2.24) is 25.0 Å². The van der Waals surface area contributed by atoms with Crippen LogP contribution in [0.1, 0.15) is 76.9 Å². The van der Waals surface area contributed by atoms with Crippen LogP contribution in [0.4, 0.5) is 11.4 Å². The van der Waals surface area contributed by atoms with Crippen LogP contribution < -0.4 is 16.0 Å². The van der Waals surface area contributed by atoms with Gasteiger partial charge in [0.25, 0.3) is 11.8 Å². The Bertz CT molecular complexity index is 1590. The number of hydrogen-bond donors (Lipinski definition) is 3. The summed E-state index contributed by atoms with van der Waals surface area (Å²) in [6, 6.07) is 8.51. The van der Waals surface area contributed by atoms with Crippen molar-refractivity contribution in [1.29, 1.82) is 0 Å². The molecular weight excluding hydrogens is 522 g/mol. The van der Waals surface area contributed by atoms with Gasteiger partial charge in [-0.2, -0.15) is 5.10 Å². The molecule has 1 saturated heterocycles. The maximum absolute atomic E-state index is 13.1.